The zero-order valence-corrected chi connectivity index (χ0v) is 20.9. The van der Waals surface area contributed by atoms with Crippen LogP contribution in [0.25, 0.3) is 10.9 Å². The van der Waals surface area contributed by atoms with Crippen LogP contribution in [0.5, 0.6) is 0 Å². The minimum absolute atomic E-state index is 0.0149. The molecule has 1 aliphatic rings. The number of H-pyrrole nitrogens is 1. The van der Waals surface area contributed by atoms with Gasteiger partial charge < -0.3 is 15.0 Å². The van der Waals surface area contributed by atoms with E-state index in [-0.39, 0.29) is 12.1 Å². The van der Waals surface area contributed by atoms with Gasteiger partial charge in [-0.1, -0.05) is 78.9 Å². The highest BCUT2D eigenvalue weighted by molar-refractivity contribution is 5.83. The molecular formula is C31H35N3O2. The Morgan fingerprint density at radius 3 is 2.22 bits per heavy atom. The fourth-order valence-electron chi connectivity index (χ4n) is 5.79. The Kier molecular flexibility index (Phi) is 7.38. The molecule has 1 aliphatic heterocycles. The zero-order valence-electron chi connectivity index (χ0n) is 20.9. The van der Waals surface area contributed by atoms with Crippen molar-refractivity contribution in [3.05, 3.63) is 108 Å². The Labute approximate surface area is 213 Å². The summed E-state index contributed by atoms with van der Waals surface area (Å²) in [6.45, 7) is 4.50. The highest BCUT2D eigenvalue weighted by Gasteiger charge is 2.35. The van der Waals surface area contributed by atoms with Gasteiger partial charge in [0.15, 0.2) is 0 Å². The lowest BCUT2D eigenvalue weighted by Gasteiger charge is -2.41. The van der Waals surface area contributed by atoms with Crippen molar-refractivity contribution < 1.29 is 9.90 Å². The van der Waals surface area contributed by atoms with Crippen molar-refractivity contribution in [1.82, 2.24) is 14.8 Å². The standard InChI is InChI=1S/C31H35N3O2/c1-23(33(21-24-10-4-2-5-11-24)22-25-12-6-3-7-13-25)18-27-19-26(16-17-34(27)31(35)36)29-20-32-30-15-9-8-14-28(29)30/h2-15,20,23,26-27,32H,16-19,21-22H2,1H3,(H,35,36)/t23?,26?,27-/m1/s1. The Bertz CT molecular complexity index is 1230. The smallest absolute Gasteiger partial charge is 0.407 e. The summed E-state index contributed by atoms with van der Waals surface area (Å²) in [5.41, 5.74) is 5.01. The summed E-state index contributed by atoms with van der Waals surface area (Å²) in [6, 6.07) is 29.7. The molecule has 2 heterocycles. The summed E-state index contributed by atoms with van der Waals surface area (Å²) >= 11 is 0. The van der Waals surface area contributed by atoms with Gasteiger partial charge in [-0.15, -0.1) is 0 Å². The predicted octanol–water partition coefficient (Wildman–Crippen LogP) is 6.87. The van der Waals surface area contributed by atoms with Crippen molar-refractivity contribution in [3.63, 3.8) is 0 Å². The molecule has 1 saturated heterocycles. The van der Waals surface area contributed by atoms with Crippen molar-refractivity contribution in [1.29, 1.82) is 0 Å². The SMILES string of the molecule is CC(C[C@@H]1CC(c2c[nH]c3ccccc23)CCN1C(=O)O)N(Cc1ccccc1)Cc1ccccc1. The number of hydrogen-bond donors (Lipinski definition) is 2. The molecule has 36 heavy (non-hydrogen) atoms. The highest BCUT2D eigenvalue weighted by Crippen LogP contribution is 2.37. The van der Waals surface area contributed by atoms with E-state index < -0.39 is 6.09 Å². The number of amides is 1. The molecule has 5 rings (SSSR count). The predicted molar refractivity (Wildman–Crippen MR) is 145 cm³/mol. The van der Waals surface area contributed by atoms with Crippen molar-refractivity contribution in [2.75, 3.05) is 6.54 Å². The van der Waals surface area contributed by atoms with E-state index in [1.54, 1.807) is 4.90 Å². The van der Waals surface area contributed by atoms with Crippen LogP contribution in [0.2, 0.25) is 0 Å². The number of piperidine rings is 1. The maximum absolute atomic E-state index is 12.2. The largest absolute Gasteiger partial charge is 0.465 e. The topological polar surface area (TPSA) is 59.6 Å². The first-order valence-electron chi connectivity index (χ1n) is 13.0. The number of aromatic amines is 1. The third-order valence-corrected chi connectivity index (χ3v) is 7.72. The summed E-state index contributed by atoms with van der Waals surface area (Å²) in [6.07, 6.45) is 3.84. The number of rotatable bonds is 8. The second-order valence-corrected chi connectivity index (χ2v) is 10.1. The second-order valence-electron chi connectivity index (χ2n) is 10.1. The number of benzene rings is 3. The summed E-state index contributed by atoms with van der Waals surface area (Å²) in [5.74, 6) is 0.352. The van der Waals surface area contributed by atoms with E-state index in [0.717, 1.165) is 37.9 Å². The number of carboxylic acid groups (broad SMARTS) is 1. The van der Waals surface area contributed by atoms with Gasteiger partial charge in [-0.2, -0.15) is 0 Å². The van der Waals surface area contributed by atoms with Crippen molar-refractivity contribution in [2.24, 2.45) is 0 Å². The molecule has 4 aromatic rings. The lowest BCUT2D eigenvalue weighted by molar-refractivity contribution is 0.0771. The molecular weight excluding hydrogens is 446 g/mol. The Balaban J connectivity index is 1.36. The van der Waals surface area contributed by atoms with Gasteiger partial charge in [0.25, 0.3) is 0 Å². The second kappa shape index (κ2) is 11.0. The molecule has 186 valence electrons. The number of fused-ring (bicyclic) bond motifs is 1. The number of nitrogens with one attached hydrogen (secondary N) is 1. The van der Waals surface area contributed by atoms with Crippen LogP contribution >= 0.6 is 0 Å². The van der Waals surface area contributed by atoms with Crippen LogP contribution in [-0.2, 0) is 13.1 Å². The first kappa shape index (κ1) is 24.1. The first-order valence-corrected chi connectivity index (χ1v) is 13.0. The summed E-state index contributed by atoms with van der Waals surface area (Å²) in [7, 11) is 0. The van der Waals surface area contributed by atoms with E-state index in [1.165, 1.54) is 22.1 Å². The molecule has 3 atom stereocenters. The molecule has 0 radical (unpaired) electrons. The maximum Gasteiger partial charge on any atom is 0.407 e. The lowest BCUT2D eigenvalue weighted by atomic mass is 9.83. The van der Waals surface area contributed by atoms with Gasteiger partial charge in [0.2, 0.25) is 0 Å². The van der Waals surface area contributed by atoms with Gasteiger partial charge >= 0.3 is 6.09 Å². The Hall–Kier alpha value is -3.57. The number of nitrogens with zero attached hydrogens (tertiary/aromatic N) is 2. The van der Waals surface area contributed by atoms with Gasteiger partial charge in [0.1, 0.15) is 0 Å². The average molecular weight is 482 g/mol. The highest BCUT2D eigenvalue weighted by atomic mass is 16.4. The molecule has 2 N–H and O–H groups in total. The van der Waals surface area contributed by atoms with E-state index >= 15 is 0 Å². The third-order valence-electron chi connectivity index (χ3n) is 7.72. The minimum atomic E-state index is -0.803. The van der Waals surface area contributed by atoms with Gasteiger partial charge in [-0.25, -0.2) is 4.79 Å². The van der Waals surface area contributed by atoms with E-state index in [2.05, 4.69) is 89.7 Å². The van der Waals surface area contributed by atoms with Crippen LogP contribution in [0, 0.1) is 0 Å². The molecule has 2 unspecified atom stereocenters. The molecule has 5 nitrogen and oxygen atoms in total. The third kappa shape index (κ3) is 5.47. The summed E-state index contributed by atoms with van der Waals surface area (Å²) in [5, 5.41) is 11.3. The first-order chi connectivity index (χ1) is 17.6. The number of likely N-dealkylation sites (tertiary alicyclic amines) is 1. The fourth-order valence-corrected chi connectivity index (χ4v) is 5.79. The number of para-hydroxylation sites is 1. The van der Waals surface area contributed by atoms with E-state index in [9.17, 15) is 9.90 Å². The lowest BCUT2D eigenvalue weighted by Crippen LogP contribution is -2.48. The van der Waals surface area contributed by atoms with Crippen LogP contribution in [0.15, 0.2) is 91.1 Å². The molecule has 1 aromatic heterocycles. The maximum atomic E-state index is 12.2. The minimum Gasteiger partial charge on any atom is -0.465 e. The van der Waals surface area contributed by atoms with Crippen molar-refractivity contribution in [2.45, 2.75) is 57.3 Å². The van der Waals surface area contributed by atoms with Gasteiger partial charge in [0.05, 0.1) is 0 Å². The van der Waals surface area contributed by atoms with Crippen LogP contribution in [-0.4, -0.2) is 44.6 Å². The van der Waals surface area contributed by atoms with Crippen LogP contribution in [0.1, 0.15) is 48.8 Å². The monoisotopic (exact) mass is 481 g/mol. The summed E-state index contributed by atoms with van der Waals surface area (Å²) in [4.78, 5) is 19.8. The quantitative estimate of drug-likeness (QED) is 0.289. The fraction of sp³-hybridized carbons (Fsp3) is 0.323. The molecule has 5 heteroatoms. The van der Waals surface area contributed by atoms with Crippen molar-refractivity contribution in [3.8, 4) is 0 Å². The van der Waals surface area contributed by atoms with Gasteiger partial charge in [-0.3, -0.25) is 4.90 Å². The van der Waals surface area contributed by atoms with E-state index in [0.29, 0.717) is 12.5 Å². The van der Waals surface area contributed by atoms with E-state index in [1.807, 2.05) is 18.2 Å². The molecule has 1 amide bonds. The van der Waals surface area contributed by atoms with Gasteiger partial charge in [0, 0.05) is 48.8 Å². The molecule has 0 bridgehead atoms. The van der Waals surface area contributed by atoms with Crippen molar-refractivity contribution >= 4 is 17.0 Å². The Morgan fingerprint density at radius 2 is 1.58 bits per heavy atom. The molecule has 0 spiro atoms. The van der Waals surface area contributed by atoms with Crippen LogP contribution in [0.3, 0.4) is 0 Å². The normalized spacial score (nSPS) is 19.0. The Morgan fingerprint density at radius 1 is 0.972 bits per heavy atom. The van der Waals surface area contributed by atoms with Crippen LogP contribution in [0.4, 0.5) is 4.79 Å². The molecule has 1 fully saturated rings. The average Bonchev–Trinajstić information content (AvgIpc) is 3.33. The number of hydrogen-bond acceptors (Lipinski definition) is 2. The van der Waals surface area contributed by atoms with E-state index in [4.69, 9.17) is 0 Å². The van der Waals surface area contributed by atoms with Crippen LogP contribution < -0.4 is 0 Å². The number of carbonyl (C=O) groups is 1. The van der Waals surface area contributed by atoms with Gasteiger partial charge in [-0.05, 0) is 54.9 Å². The zero-order chi connectivity index (χ0) is 24.9. The summed E-state index contributed by atoms with van der Waals surface area (Å²) < 4.78 is 0. The molecule has 0 aliphatic carbocycles. The molecule has 0 saturated carbocycles. The molecule has 3 aromatic carbocycles. The number of aromatic nitrogens is 1.